The summed E-state index contributed by atoms with van der Waals surface area (Å²) in [4.78, 5) is 20.5. The quantitative estimate of drug-likeness (QED) is 0.297. The van der Waals surface area contributed by atoms with Crippen LogP contribution in [0.3, 0.4) is 0 Å². The average Bonchev–Trinajstić information content (AvgIpc) is 3.49. The second-order valence-electron chi connectivity index (χ2n) is 8.32. The molecule has 9 heteroatoms. The van der Waals surface area contributed by atoms with Crippen LogP contribution in [-0.2, 0) is 22.5 Å². The predicted octanol–water partition coefficient (Wildman–Crippen LogP) is 5.56. The van der Waals surface area contributed by atoms with E-state index in [0.717, 1.165) is 23.4 Å². The third-order valence-electron chi connectivity index (χ3n) is 5.89. The molecule has 0 bridgehead atoms. The number of hydrogen-bond donors (Lipinski definition) is 0. The van der Waals surface area contributed by atoms with Crippen LogP contribution in [0.5, 0.6) is 11.5 Å². The van der Waals surface area contributed by atoms with Crippen LogP contribution < -0.4 is 4.74 Å². The molecule has 3 heterocycles. The van der Waals surface area contributed by atoms with Gasteiger partial charge in [-0.05, 0) is 48.4 Å². The van der Waals surface area contributed by atoms with E-state index in [9.17, 15) is 9.18 Å². The maximum absolute atomic E-state index is 14.7. The maximum Gasteiger partial charge on any atom is 0.311 e. The Balaban J connectivity index is 1.30. The standard InChI is InChI=1S/C26H24FN3O4S/c1-3-16-11-20(15-30-13-18(14-30)26(31)32-2)35-23(16)24-28-25(34-29-24)17-9-10-22(21(27)12-17)33-19-7-5-4-6-8-19/h4-12,18H,3,13-15H2,1-2H3. The van der Waals surface area contributed by atoms with Gasteiger partial charge in [0.2, 0.25) is 5.82 Å². The summed E-state index contributed by atoms with van der Waals surface area (Å²) in [6, 6.07) is 15.8. The lowest BCUT2D eigenvalue weighted by Gasteiger charge is -2.36. The molecule has 1 fully saturated rings. The first kappa shape index (κ1) is 23.2. The number of nitrogens with zero attached hydrogens (tertiary/aromatic N) is 3. The highest BCUT2D eigenvalue weighted by Gasteiger charge is 2.33. The molecular weight excluding hydrogens is 469 g/mol. The van der Waals surface area contributed by atoms with Gasteiger partial charge in [0.05, 0.1) is 17.9 Å². The molecule has 0 saturated carbocycles. The van der Waals surface area contributed by atoms with Gasteiger partial charge in [-0.2, -0.15) is 4.98 Å². The number of rotatable bonds is 8. The zero-order chi connectivity index (χ0) is 24.4. The number of carbonyl (C=O) groups is 1. The monoisotopic (exact) mass is 493 g/mol. The van der Waals surface area contributed by atoms with Crippen molar-refractivity contribution in [3.8, 4) is 33.7 Å². The number of carbonyl (C=O) groups excluding carboxylic acids is 1. The molecule has 35 heavy (non-hydrogen) atoms. The first-order valence-electron chi connectivity index (χ1n) is 11.3. The zero-order valence-corrected chi connectivity index (χ0v) is 20.2. The van der Waals surface area contributed by atoms with E-state index in [1.807, 2.05) is 18.2 Å². The van der Waals surface area contributed by atoms with Crippen molar-refractivity contribution < 1.29 is 23.2 Å². The first-order chi connectivity index (χ1) is 17.0. The van der Waals surface area contributed by atoms with Crippen molar-refractivity contribution in [2.24, 2.45) is 5.92 Å². The van der Waals surface area contributed by atoms with Gasteiger partial charge in [-0.3, -0.25) is 9.69 Å². The minimum atomic E-state index is -0.515. The normalized spacial score (nSPS) is 14.0. The number of aromatic nitrogens is 2. The van der Waals surface area contributed by atoms with Gasteiger partial charge in [-0.15, -0.1) is 11.3 Å². The van der Waals surface area contributed by atoms with Crippen LogP contribution in [0.2, 0.25) is 0 Å². The highest BCUT2D eigenvalue weighted by Crippen LogP contribution is 2.35. The van der Waals surface area contributed by atoms with Crippen molar-refractivity contribution in [1.82, 2.24) is 15.0 Å². The molecule has 0 amide bonds. The largest absolute Gasteiger partial charge is 0.469 e. The van der Waals surface area contributed by atoms with Crippen LogP contribution in [-0.4, -0.2) is 41.2 Å². The van der Waals surface area contributed by atoms with Gasteiger partial charge in [0.15, 0.2) is 11.6 Å². The fourth-order valence-electron chi connectivity index (χ4n) is 4.02. The fourth-order valence-corrected chi connectivity index (χ4v) is 5.24. The van der Waals surface area contributed by atoms with Gasteiger partial charge < -0.3 is 14.0 Å². The lowest BCUT2D eigenvalue weighted by Crippen LogP contribution is -2.49. The van der Waals surface area contributed by atoms with E-state index in [0.29, 0.717) is 30.2 Å². The summed E-state index contributed by atoms with van der Waals surface area (Å²) in [6.07, 6.45) is 0.820. The van der Waals surface area contributed by atoms with E-state index in [-0.39, 0.29) is 23.5 Å². The molecular formula is C26H24FN3O4S. The van der Waals surface area contributed by atoms with E-state index in [4.69, 9.17) is 14.0 Å². The zero-order valence-electron chi connectivity index (χ0n) is 19.4. The van der Waals surface area contributed by atoms with Gasteiger partial charge in [0.25, 0.3) is 5.89 Å². The van der Waals surface area contributed by atoms with Crippen molar-refractivity contribution in [2.75, 3.05) is 20.2 Å². The molecule has 0 radical (unpaired) electrons. The van der Waals surface area contributed by atoms with Crippen LogP contribution in [0.4, 0.5) is 4.39 Å². The van der Waals surface area contributed by atoms with Crippen molar-refractivity contribution in [3.05, 3.63) is 70.9 Å². The first-order valence-corrected chi connectivity index (χ1v) is 12.1. The Labute approximate surface area is 206 Å². The number of esters is 1. The number of thiophene rings is 1. The molecule has 4 aromatic rings. The van der Waals surface area contributed by atoms with Gasteiger partial charge in [0.1, 0.15) is 5.75 Å². The van der Waals surface area contributed by atoms with Crippen LogP contribution in [0.1, 0.15) is 17.4 Å². The van der Waals surface area contributed by atoms with Gasteiger partial charge in [-0.25, -0.2) is 4.39 Å². The molecule has 0 N–H and O–H groups in total. The van der Waals surface area contributed by atoms with Gasteiger partial charge in [0, 0.05) is 30.1 Å². The number of para-hydroxylation sites is 1. The van der Waals surface area contributed by atoms with Crippen LogP contribution in [0.25, 0.3) is 22.2 Å². The summed E-state index contributed by atoms with van der Waals surface area (Å²) in [7, 11) is 1.42. The number of likely N-dealkylation sites (tertiary alicyclic amines) is 1. The van der Waals surface area contributed by atoms with E-state index in [1.165, 1.54) is 18.1 Å². The van der Waals surface area contributed by atoms with Crippen LogP contribution in [0, 0.1) is 11.7 Å². The Morgan fingerprint density at radius 1 is 1.20 bits per heavy atom. The summed E-state index contributed by atoms with van der Waals surface area (Å²) in [5.41, 5.74) is 1.60. The fraction of sp³-hybridized carbons (Fsp3) is 0.269. The summed E-state index contributed by atoms with van der Waals surface area (Å²) >= 11 is 1.61. The molecule has 1 aliphatic heterocycles. The minimum Gasteiger partial charge on any atom is -0.469 e. The molecule has 2 aromatic carbocycles. The molecule has 2 aromatic heterocycles. The summed E-state index contributed by atoms with van der Waals surface area (Å²) in [5, 5.41) is 4.16. The van der Waals surface area contributed by atoms with Crippen molar-refractivity contribution in [2.45, 2.75) is 19.9 Å². The maximum atomic E-state index is 14.7. The van der Waals surface area contributed by atoms with E-state index in [2.05, 4.69) is 28.0 Å². The summed E-state index contributed by atoms with van der Waals surface area (Å²) < 4.78 is 30.6. The summed E-state index contributed by atoms with van der Waals surface area (Å²) in [5.74, 6) is 0.682. The molecule has 0 aliphatic carbocycles. The number of methoxy groups -OCH3 is 1. The summed E-state index contributed by atoms with van der Waals surface area (Å²) in [6.45, 7) is 4.23. The number of ether oxygens (including phenoxy) is 2. The smallest absolute Gasteiger partial charge is 0.311 e. The van der Waals surface area contributed by atoms with Crippen LogP contribution in [0.15, 0.2) is 59.1 Å². The Bertz CT molecular complexity index is 1330. The molecule has 0 spiro atoms. The topological polar surface area (TPSA) is 77.7 Å². The molecule has 5 rings (SSSR count). The Morgan fingerprint density at radius 3 is 2.71 bits per heavy atom. The third-order valence-corrected chi connectivity index (χ3v) is 7.05. The van der Waals surface area contributed by atoms with E-state index in [1.54, 1.807) is 35.6 Å². The van der Waals surface area contributed by atoms with Gasteiger partial charge >= 0.3 is 5.97 Å². The molecule has 7 nitrogen and oxygen atoms in total. The SMILES string of the molecule is CCc1cc(CN2CC(C(=O)OC)C2)sc1-c1noc(-c2ccc(Oc3ccccc3)c(F)c2)n1. The van der Waals surface area contributed by atoms with Gasteiger partial charge in [-0.1, -0.05) is 30.3 Å². The highest BCUT2D eigenvalue weighted by atomic mass is 32.1. The Kier molecular flexibility index (Phi) is 6.61. The van der Waals surface area contributed by atoms with Crippen molar-refractivity contribution >= 4 is 17.3 Å². The Hall–Kier alpha value is -3.56. The lowest BCUT2D eigenvalue weighted by molar-refractivity contribution is -0.151. The minimum absolute atomic E-state index is 0.0466. The van der Waals surface area contributed by atoms with Crippen molar-refractivity contribution in [1.29, 1.82) is 0 Å². The number of hydrogen-bond acceptors (Lipinski definition) is 8. The molecule has 1 saturated heterocycles. The molecule has 180 valence electrons. The average molecular weight is 494 g/mol. The number of halogens is 1. The second kappa shape index (κ2) is 9.97. The van der Waals surface area contributed by atoms with Crippen molar-refractivity contribution in [3.63, 3.8) is 0 Å². The molecule has 1 aliphatic rings. The third kappa shape index (κ3) is 4.96. The van der Waals surface area contributed by atoms with Crippen LogP contribution >= 0.6 is 11.3 Å². The number of benzene rings is 2. The molecule has 0 unspecified atom stereocenters. The second-order valence-corrected chi connectivity index (χ2v) is 9.45. The predicted molar refractivity (Wildman–Crippen MR) is 130 cm³/mol. The Morgan fingerprint density at radius 2 is 2.00 bits per heavy atom. The highest BCUT2D eigenvalue weighted by molar-refractivity contribution is 7.15. The lowest BCUT2D eigenvalue weighted by atomic mass is 10.0. The molecule has 0 atom stereocenters. The number of aryl methyl sites for hydroxylation is 1. The van der Waals surface area contributed by atoms with E-state index >= 15 is 0 Å². The van der Waals surface area contributed by atoms with E-state index < -0.39 is 5.82 Å².